The molecule has 2 aromatic carbocycles. The molecule has 0 aromatic heterocycles. The molecular weight excluding hydrogens is 264 g/mol. The van der Waals surface area contributed by atoms with Crippen LogP contribution in [0.5, 0.6) is 11.5 Å². The second-order valence-electron chi connectivity index (χ2n) is 4.57. The Balaban J connectivity index is 1.99. The zero-order valence-corrected chi connectivity index (χ0v) is 12.6. The molecule has 0 unspecified atom stereocenters. The average molecular weight is 284 g/mol. The Bertz CT molecular complexity index is 606. The number of methoxy groups -OCH3 is 2. The van der Waals surface area contributed by atoms with E-state index in [1.807, 2.05) is 55.5 Å². The van der Waals surface area contributed by atoms with Crippen LogP contribution in [0.25, 0.3) is 0 Å². The molecule has 0 aliphatic carbocycles. The number of nitrogens with zero attached hydrogens (tertiary/aromatic N) is 1. The summed E-state index contributed by atoms with van der Waals surface area (Å²) < 4.78 is 10.5. The molecule has 0 heterocycles. The zero-order valence-electron chi connectivity index (χ0n) is 12.6. The maximum absolute atomic E-state index is 5.31. The first-order valence-electron chi connectivity index (χ1n) is 6.78. The van der Waals surface area contributed by atoms with E-state index in [2.05, 4.69) is 10.5 Å². The minimum atomic E-state index is 0.623. The summed E-state index contributed by atoms with van der Waals surface area (Å²) in [4.78, 5) is 0. The third kappa shape index (κ3) is 3.99. The van der Waals surface area contributed by atoms with Gasteiger partial charge in [0.1, 0.15) is 11.5 Å². The summed E-state index contributed by atoms with van der Waals surface area (Å²) in [6.45, 7) is 2.59. The maximum atomic E-state index is 5.31. The number of nitrogens with one attached hydrogen (secondary N) is 1. The lowest BCUT2D eigenvalue weighted by molar-refractivity contribution is 0.408. The number of hydrogen-bond acceptors (Lipinski definition) is 4. The summed E-state index contributed by atoms with van der Waals surface area (Å²) >= 11 is 0. The Kier molecular flexibility index (Phi) is 5.21. The van der Waals surface area contributed by atoms with E-state index < -0.39 is 0 Å². The predicted molar refractivity (Wildman–Crippen MR) is 85.0 cm³/mol. The van der Waals surface area contributed by atoms with E-state index in [9.17, 15) is 0 Å². The van der Waals surface area contributed by atoms with Crippen LogP contribution in [0.15, 0.2) is 53.6 Å². The van der Waals surface area contributed by atoms with Crippen molar-refractivity contribution in [1.29, 1.82) is 0 Å². The molecule has 110 valence electrons. The van der Waals surface area contributed by atoms with Gasteiger partial charge in [-0.1, -0.05) is 18.2 Å². The fraction of sp³-hybridized carbons (Fsp3) is 0.235. The normalized spacial score (nSPS) is 11.1. The van der Waals surface area contributed by atoms with Crippen LogP contribution in [0.4, 0.5) is 0 Å². The van der Waals surface area contributed by atoms with Crippen LogP contribution >= 0.6 is 0 Å². The Morgan fingerprint density at radius 1 is 1.00 bits per heavy atom. The fourth-order valence-corrected chi connectivity index (χ4v) is 1.99. The summed E-state index contributed by atoms with van der Waals surface area (Å²) in [5.74, 6) is 1.70. The van der Waals surface area contributed by atoms with E-state index in [4.69, 9.17) is 9.47 Å². The third-order valence-corrected chi connectivity index (χ3v) is 3.22. The molecule has 0 amide bonds. The summed E-state index contributed by atoms with van der Waals surface area (Å²) in [7, 11) is 3.33. The molecule has 0 aliphatic rings. The van der Waals surface area contributed by atoms with Crippen LogP contribution in [0, 0.1) is 0 Å². The van der Waals surface area contributed by atoms with Crippen molar-refractivity contribution in [1.82, 2.24) is 5.43 Å². The molecule has 4 nitrogen and oxygen atoms in total. The number of rotatable bonds is 6. The topological polar surface area (TPSA) is 42.8 Å². The van der Waals surface area contributed by atoms with E-state index in [0.717, 1.165) is 28.3 Å². The lowest BCUT2D eigenvalue weighted by Crippen LogP contribution is -2.10. The van der Waals surface area contributed by atoms with Crippen molar-refractivity contribution in [3.05, 3.63) is 59.7 Å². The number of hydrogen-bond donors (Lipinski definition) is 1. The first-order chi connectivity index (χ1) is 10.2. The van der Waals surface area contributed by atoms with Crippen molar-refractivity contribution in [3.63, 3.8) is 0 Å². The summed E-state index contributed by atoms with van der Waals surface area (Å²) in [5, 5.41) is 4.39. The molecule has 2 aromatic rings. The molecule has 4 heteroatoms. The third-order valence-electron chi connectivity index (χ3n) is 3.22. The van der Waals surface area contributed by atoms with Crippen molar-refractivity contribution in [2.75, 3.05) is 14.2 Å². The van der Waals surface area contributed by atoms with Crippen molar-refractivity contribution in [2.24, 2.45) is 5.10 Å². The van der Waals surface area contributed by atoms with E-state index in [1.54, 1.807) is 14.2 Å². The first kappa shape index (κ1) is 14.9. The standard InChI is InChI=1S/C17H20N2O2/c1-13(14-8-10-16(20-2)11-9-14)19-18-12-15-6-4-5-7-17(15)21-3/h4-11,18H,12H2,1-3H3/b19-13-. The van der Waals surface area contributed by atoms with Crippen molar-refractivity contribution in [2.45, 2.75) is 13.5 Å². The van der Waals surface area contributed by atoms with Crippen molar-refractivity contribution < 1.29 is 9.47 Å². The minimum Gasteiger partial charge on any atom is -0.497 e. The van der Waals surface area contributed by atoms with Gasteiger partial charge >= 0.3 is 0 Å². The molecule has 0 atom stereocenters. The Morgan fingerprint density at radius 3 is 2.38 bits per heavy atom. The summed E-state index contributed by atoms with van der Waals surface area (Å²) in [5.41, 5.74) is 6.14. The number of para-hydroxylation sites is 1. The second-order valence-corrected chi connectivity index (χ2v) is 4.57. The SMILES string of the molecule is COc1ccc(/C(C)=N\NCc2ccccc2OC)cc1. The first-order valence-corrected chi connectivity index (χ1v) is 6.78. The van der Waals surface area contributed by atoms with Crippen LogP contribution in [0.3, 0.4) is 0 Å². The number of ether oxygens (including phenoxy) is 2. The molecule has 0 saturated carbocycles. The lowest BCUT2D eigenvalue weighted by Gasteiger charge is -2.08. The van der Waals surface area contributed by atoms with Crippen molar-refractivity contribution in [3.8, 4) is 11.5 Å². The molecule has 21 heavy (non-hydrogen) atoms. The zero-order chi connectivity index (χ0) is 15.1. The van der Waals surface area contributed by atoms with Gasteiger partial charge in [-0.15, -0.1) is 0 Å². The van der Waals surface area contributed by atoms with E-state index in [-0.39, 0.29) is 0 Å². The Morgan fingerprint density at radius 2 is 1.71 bits per heavy atom. The molecule has 2 rings (SSSR count). The van der Waals surface area contributed by atoms with E-state index >= 15 is 0 Å². The van der Waals surface area contributed by atoms with Gasteiger partial charge in [-0.2, -0.15) is 5.10 Å². The molecule has 0 fully saturated rings. The molecule has 0 radical (unpaired) electrons. The van der Waals surface area contributed by atoms with Gasteiger partial charge in [-0.25, -0.2) is 0 Å². The van der Waals surface area contributed by atoms with Crippen molar-refractivity contribution >= 4 is 5.71 Å². The van der Waals surface area contributed by atoms with Gasteiger partial charge in [0.2, 0.25) is 0 Å². The number of hydrazone groups is 1. The van der Waals surface area contributed by atoms with Gasteiger partial charge in [0.05, 0.1) is 26.5 Å². The highest BCUT2D eigenvalue weighted by Crippen LogP contribution is 2.16. The van der Waals surface area contributed by atoms with Crippen LogP contribution in [-0.2, 0) is 6.54 Å². The van der Waals surface area contributed by atoms with Gasteiger partial charge in [-0.05, 0) is 42.8 Å². The minimum absolute atomic E-state index is 0.623. The van der Waals surface area contributed by atoms with Gasteiger partial charge in [-0.3, -0.25) is 0 Å². The molecule has 0 bridgehead atoms. The lowest BCUT2D eigenvalue weighted by atomic mass is 10.1. The van der Waals surface area contributed by atoms with Gasteiger partial charge in [0.25, 0.3) is 0 Å². The molecule has 1 N–H and O–H groups in total. The maximum Gasteiger partial charge on any atom is 0.123 e. The predicted octanol–water partition coefficient (Wildman–Crippen LogP) is 3.22. The average Bonchev–Trinajstić information content (AvgIpc) is 2.55. The highest BCUT2D eigenvalue weighted by atomic mass is 16.5. The Labute approximate surface area is 125 Å². The van der Waals surface area contributed by atoms with Crippen LogP contribution in [0.1, 0.15) is 18.1 Å². The van der Waals surface area contributed by atoms with E-state index in [1.165, 1.54) is 0 Å². The summed E-state index contributed by atoms with van der Waals surface area (Å²) in [6.07, 6.45) is 0. The fourth-order valence-electron chi connectivity index (χ4n) is 1.99. The second kappa shape index (κ2) is 7.33. The van der Waals surface area contributed by atoms with Crippen LogP contribution < -0.4 is 14.9 Å². The number of benzene rings is 2. The molecule has 0 saturated heterocycles. The summed E-state index contributed by atoms with van der Waals surface area (Å²) in [6, 6.07) is 15.7. The molecule has 0 spiro atoms. The Hall–Kier alpha value is -2.49. The van der Waals surface area contributed by atoms with Gasteiger partial charge in [0.15, 0.2) is 0 Å². The van der Waals surface area contributed by atoms with Crippen LogP contribution in [-0.4, -0.2) is 19.9 Å². The smallest absolute Gasteiger partial charge is 0.123 e. The largest absolute Gasteiger partial charge is 0.497 e. The monoisotopic (exact) mass is 284 g/mol. The van der Waals surface area contributed by atoms with Gasteiger partial charge in [0, 0.05) is 5.56 Å². The van der Waals surface area contributed by atoms with E-state index in [0.29, 0.717) is 6.54 Å². The molecule has 0 aliphatic heterocycles. The quantitative estimate of drug-likeness (QED) is 0.654. The molecular formula is C17H20N2O2. The van der Waals surface area contributed by atoms with Crippen LogP contribution in [0.2, 0.25) is 0 Å². The highest BCUT2D eigenvalue weighted by Gasteiger charge is 2.01. The highest BCUT2D eigenvalue weighted by molar-refractivity contribution is 5.98. The van der Waals surface area contributed by atoms with Gasteiger partial charge < -0.3 is 14.9 Å².